The van der Waals surface area contributed by atoms with E-state index in [-0.39, 0.29) is 12.2 Å². The van der Waals surface area contributed by atoms with Crippen LogP contribution in [0.3, 0.4) is 0 Å². The van der Waals surface area contributed by atoms with Gasteiger partial charge in [-0.2, -0.15) is 0 Å². The molecule has 0 unspecified atom stereocenters. The number of nitrogens with zero attached hydrogens (tertiary/aromatic N) is 4. The van der Waals surface area contributed by atoms with E-state index in [1.807, 2.05) is 0 Å². The fourth-order valence-electron chi connectivity index (χ4n) is 5.69. The monoisotopic (exact) mass is 410 g/mol. The van der Waals surface area contributed by atoms with Crippen LogP contribution in [0.4, 0.5) is 0 Å². The van der Waals surface area contributed by atoms with Crippen LogP contribution in [-0.2, 0) is 0 Å². The first-order valence-corrected chi connectivity index (χ1v) is 12.2. The molecule has 3 aliphatic rings. The molecule has 6 nitrogen and oxygen atoms in total. The average molecular weight is 411 g/mol. The molecule has 170 valence electrons. The molecule has 0 aromatic rings. The summed E-state index contributed by atoms with van der Waals surface area (Å²) in [7, 11) is 0. The van der Waals surface area contributed by atoms with Crippen LogP contribution in [-0.4, -0.2) is 120 Å². The van der Waals surface area contributed by atoms with Crippen molar-refractivity contribution in [1.82, 2.24) is 19.6 Å². The van der Waals surface area contributed by atoms with Gasteiger partial charge in [0.05, 0.1) is 12.2 Å². The molecule has 0 spiro atoms. The van der Waals surface area contributed by atoms with Crippen molar-refractivity contribution in [2.24, 2.45) is 11.8 Å². The normalized spacial score (nSPS) is 33.6. The van der Waals surface area contributed by atoms with Crippen LogP contribution in [0, 0.1) is 11.8 Å². The zero-order chi connectivity index (χ0) is 20.8. The molecule has 3 heterocycles. The largest absolute Gasteiger partial charge is 0.390 e. The summed E-state index contributed by atoms with van der Waals surface area (Å²) in [6.45, 7) is 17.6. The zero-order valence-electron chi connectivity index (χ0n) is 19.2. The summed E-state index contributed by atoms with van der Waals surface area (Å²) < 4.78 is 0. The van der Waals surface area contributed by atoms with E-state index in [0.29, 0.717) is 6.04 Å². The first kappa shape index (κ1) is 23.4. The van der Waals surface area contributed by atoms with E-state index in [0.717, 1.165) is 83.8 Å². The molecule has 3 saturated heterocycles. The van der Waals surface area contributed by atoms with Crippen molar-refractivity contribution in [2.45, 2.75) is 64.7 Å². The summed E-state index contributed by atoms with van der Waals surface area (Å²) in [5, 5.41) is 21.2. The molecule has 29 heavy (non-hydrogen) atoms. The van der Waals surface area contributed by atoms with Crippen molar-refractivity contribution in [3.63, 3.8) is 0 Å². The highest BCUT2D eigenvalue weighted by molar-refractivity contribution is 4.84. The second-order valence-electron chi connectivity index (χ2n) is 10.4. The van der Waals surface area contributed by atoms with Gasteiger partial charge in [-0.1, -0.05) is 13.8 Å². The Bertz CT molecular complexity index is 480. The maximum Gasteiger partial charge on any atom is 0.0793 e. The Hall–Kier alpha value is -0.240. The second-order valence-corrected chi connectivity index (χ2v) is 10.4. The minimum atomic E-state index is -0.263. The van der Waals surface area contributed by atoms with Gasteiger partial charge in [0.1, 0.15) is 0 Å². The smallest absolute Gasteiger partial charge is 0.0793 e. The van der Waals surface area contributed by atoms with Crippen molar-refractivity contribution in [2.75, 3.05) is 72.0 Å². The third-order valence-corrected chi connectivity index (χ3v) is 7.18. The predicted molar refractivity (Wildman–Crippen MR) is 119 cm³/mol. The lowest BCUT2D eigenvalue weighted by molar-refractivity contribution is 0.00110. The second kappa shape index (κ2) is 11.4. The molecule has 6 heteroatoms. The zero-order valence-corrected chi connectivity index (χ0v) is 19.2. The number of aliphatic hydroxyl groups is 2. The lowest BCUT2D eigenvalue weighted by Crippen LogP contribution is -2.56. The molecule has 0 radical (unpaired) electrons. The van der Waals surface area contributed by atoms with Crippen LogP contribution in [0.5, 0.6) is 0 Å². The molecule has 3 aliphatic heterocycles. The Balaban J connectivity index is 1.35. The molecular weight excluding hydrogens is 364 g/mol. The summed E-state index contributed by atoms with van der Waals surface area (Å²) in [5.74, 6) is 1.53. The molecule has 0 saturated carbocycles. The van der Waals surface area contributed by atoms with Gasteiger partial charge in [0.2, 0.25) is 0 Å². The Morgan fingerprint density at radius 1 is 0.655 bits per heavy atom. The predicted octanol–water partition coefficient (Wildman–Crippen LogP) is 1.18. The number of piperazine rings is 1. The van der Waals surface area contributed by atoms with Crippen LogP contribution in [0.15, 0.2) is 0 Å². The highest BCUT2D eigenvalue weighted by Gasteiger charge is 2.28. The third kappa shape index (κ3) is 7.75. The van der Waals surface area contributed by atoms with Crippen molar-refractivity contribution >= 4 is 0 Å². The van der Waals surface area contributed by atoms with E-state index in [9.17, 15) is 10.2 Å². The Morgan fingerprint density at radius 2 is 1.14 bits per heavy atom. The van der Waals surface area contributed by atoms with Gasteiger partial charge in [-0.25, -0.2) is 0 Å². The molecule has 5 atom stereocenters. The average Bonchev–Trinajstić information content (AvgIpc) is 2.64. The standard InChI is InChI=1S/C23H46N4O2/c1-19-6-4-8-24(12-19)15-22(28)16-26-10-11-27(21(3)14-26)18-23(29)17-25-9-5-7-20(2)13-25/h19-23,28-29H,4-18H2,1-3H3/t19-,20+,21+,22+,23-/m1/s1. The molecule has 3 fully saturated rings. The first-order valence-electron chi connectivity index (χ1n) is 12.2. The van der Waals surface area contributed by atoms with Crippen molar-refractivity contribution < 1.29 is 10.2 Å². The first-order chi connectivity index (χ1) is 13.9. The number of likely N-dealkylation sites (tertiary alicyclic amines) is 2. The molecular formula is C23H46N4O2. The van der Waals surface area contributed by atoms with Gasteiger partial charge in [-0.05, 0) is 57.5 Å². The van der Waals surface area contributed by atoms with E-state index in [1.54, 1.807) is 0 Å². The van der Waals surface area contributed by atoms with Crippen LogP contribution >= 0.6 is 0 Å². The van der Waals surface area contributed by atoms with Crippen LogP contribution in [0.2, 0.25) is 0 Å². The van der Waals surface area contributed by atoms with Crippen molar-refractivity contribution in [3.05, 3.63) is 0 Å². The van der Waals surface area contributed by atoms with Gasteiger partial charge < -0.3 is 20.0 Å². The third-order valence-electron chi connectivity index (χ3n) is 7.18. The minimum Gasteiger partial charge on any atom is -0.390 e. The van der Waals surface area contributed by atoms with E-state index >= 15 is 0 Å². The number of aliphatic hydroxyl groups excluding tert-OH is 2. The molecule has 2 N–H and O–H groups in total. The Labute approximate surface area is 178 Å². The van der Waals surface area contributed by atoms with Crippen LogP contribution in [0.1, 0.15) is 46.5 Å². The van der Waals surface area contributed by atoms with Crippen LogP contribution in [0.25, 0.3) is 0 Å². The van der Waals surface area contributed by atoms with E-state index in [1.165, 1.54) is 25.7 Å². The summed E-state index contributed by atoms with van der Waals surface area (Å²) in [6.07, 6.45) is 4.67. The lowest BCUT2D eigenvalue weighted by atomic mass is 10.00. The van der Waals surface area contributed by atoms with E-state index in [2.05, 4.69) is 40.4 Å². The van der Waals surface area contributed by atoms with Crippen molar-refractivity contribution in [1.29, 1.82) is 0 Å². The minimum absolute atomic E-state index is 0.259. The Morgan fingerprint density at radius 3 is 1.62 bits per heavy atom. The summed E-state index contributed by atoms with van der Waals surface area (Å²) in [6, 6.07) is 0.431. The summed E-state index contributed by atoms with van der Waals surface area (Å²) >= 11 is 0. The van der Waals surface area contributed by atoms with Gasteiger partial charge in [0, 0.05) is 64.9 Å². The highest BCUT2D eigenvalue weighted by atomic mass is 16.3. The quantitative estimate of drug-likeness (QED) is 0.627. The Kier molecular flexibility index (Phi) is 9.21. The van der Waals surface area contributed by atoms with Crippen molar-refractivity contribution in [3.8, 4) is 0 Å². The molecule has 0 aliphatic carbocycles. The summed E-state index contributed by atoms with van der Waals surface area (Å²) in [5.41, 5.74) is 0. The van der Waals surface area contributed by atoms with Gasteiger partial charge >= 0.3 is 0 Å². The van der Waals surface area contributed by atoms with E-state index in [4.69, 9.17) is 0 Å². The SMILES string of the molecule is C[C@@H]1CCCN(C[C@H](O)CN2CCN(C[C@H](O)CN3CCC[C@H](C)C3)[C@@H](C)C2)C1. The molecule has 0 aromatic carbocycles. The van der Waals surface area contributed by atoms with Gasteiger partial charge in [-0.3, -0.25) is 9.80 Å². The fourth-order valence-corrected chi connectivity index (χ4v) is 5.69. The van der Waals surface area contributed by atoms with Gasteiger partial charge in [0.15, 0.2) is 0 Å². The number of hydrogen-bond acceptors (Lipinski definition) is 6. The maximum absolute atomic E-state index is 10.6. The number of rotatable bonds is 8. The number of piperidine rings is 2. The van der Waals surface area contributed by atoms with E-state index < -0.39 is 0 Å². The molecule has 0 amide bonds. The number of hydrogen-bond donors (Lipinski definition) is 2. The fraction of sp³-hybridized carbons (Fsp3) is 1.00. The van der Waals surface area contributed by atoms with Crippen LogP contribution < -0.4 is 0 Å². The maximum atomic E-state index is 10.6. The highest BCUT2D eigenvalue weighted by Crippen LogP contribution is 2.18. The molecule has 3 rings (SSSR count). The lowest BCUT2D eigenvalue weighted by Gasteiger charge is -2.42. The van der Waals surface area contributed by atoms with Gasteiger partial charge in [-0.15, -0.1) is 0 Å². The molecule has 0 aromatic heterocycles. The molecule has 0 bridgehead atoms. The number of β-amino-alcohol motifs (C(OH)–C–C–N with tert-alkyl or cyclic N) is 2. The van der Waals surface area contributed by atoms with Gasteiger partial charge in [0.25, 0.3) is 0 Å². The summed E-state index contributed by atoms with van der Waals surface area (Å²) in [4.78, 5) is 9.74. The topological polar surface area (TPSA) is 53.4 Å².